The molecule has 2 amide bonds. The first-order valence-electron chi connectivity index (χ1n) is 12.5. The number of piperidine rings is 1. The van der Waals surface area contributed by atoms with E-state index in [9.17, 15) is 9.59 Å². The molecule has 0 saturated carbocycles. The van der Waals surface area contributed by atoms with Crippen molar-refractivity contribution in [3.63, 3.8) is 0 Å². The minimum absolute atomic E-state index is 0.0950. The molecule has 8 nitrogen and oxygen atoms in total. The van der Waals surface area contributed by atoms with Crippen LogP contribution in [-0.2, 0) is 18.3 Å². The molecule has 0 atom stereocenters. The number of ether oxygens (including phenoxy) is 1. The summed E-state index contributed by atoms with van der Waals surface area (Å²) in [6.07, 6.45) is 3.93. The lowest BCUT2D eigenvalue weighted by atomic mass is 9.96. The molecule has 36 heavy (non-hydrogen) atoms. The molecule has 5 rings (SSSR count). The van der Waals surface area contributed by atoms with Crippen molar-refractivity contribution < 1.29 is 14.3 Å². The van der Waals surface area contributed by atoms with Gasteiger partial charge in [-0.05, 0) is 55.5 Å². The first kappa shape index (κ1) is 24.1. The van der Waals surface area contributed by atoms with Crippen LogP contribution in [0.3, 0.4) is 0 Å². The third-order valence-electron chi connectivity index (χ3n) is 7.36. The van der Waals surface area contributed by atoms with E-state index >= 15 is 0 Å². The number of rotatable bonds is 7. The normalized spacial score (nSPS) is 14.6. The molecule has 0 unspecified atom stereocenters. The van der Waals surface area contributed by atoms with E-state index in [1.54, 1.807) is 7.11 Å². The number of hydrogen-bond donors (Lipinski definition) is 1. The van der Waals surface area contributed by atoms with Crippen LogP contribution in [0, 0.1) is 12.8 Å². The molecule has 2 aromatic heterocycles. The van der Waals surface area contributed by atoms with E-state index in [0.29, 0.717) is 24.6 Å². The molecule has 188 valence electrons. The van der Waals surface area contributed by atoms with Crippen molar-refractivity contribution in [3.05, 3.63) is 65.5 Å². The zero-order valence-corrected chi connectivity index (χ0v) is 21.2. The van der Waals surface area contributed by atoms with Gasteiger partial charge >= 0.3 is 0 Å². The highest BCUT2D eigenvalue weighted by Gasteiger charge is 2.26. The highest BCUT2D eigenvalue weighted by atomic mass is 16.5. The zero-order chi connectivity index (χ0) is 25.2. The van der Waals surface area contributed by atoms with Gasteiger partial charge in [0.1, 0.15) is 5.69 Å². The molecular weight excluding hydrogens is 454 g/mol. The fourth-order valence-corrected chi connectivity index (χ4v) is 5.22. The van der Waals surface area contributed by atoms with Gasteiger partial charge in [0.05, 0.1) is 12.1 Å². The number of para-hydroxylation sites is 1. The van der Waals surface area contributed by atoms with Crippen molar-refractivity contribution in [2.24, 2.45) is 13.0 Å². The summed E-state index contributed by atoms with van der Waals surface area (Å²) < 4.78 is 9.00. The monoisotopic (exact) mass is 487 g/mol. The lowest BCUT2D eigenvalue weighted by molar-refractivity contribution is 0.0672. The van der Waals surface area contributed by atoms with Crippen molar-refractivity contribution in [1.82, 2.24) is 24.6 Å². The third-order valence-corrected chi connectivity index (χ3v) is 7.36. The van der Waals surface area contributed by atoms with Crippen molar-refractivity contribution in [2.75, 3.05) is 33.4 Å². The lowest BCUT2D eigenvalue weighted by Gasteiger charge is -2.32. The van der Waals surface area contributed by atoms with Gasteiger partial charge in [-0.15, -0.1) is 0 Å². The van der Waals surface area contributed by atoms with E-state index in [2.05, 4.69) is 5.32 Å². The minimum atomic E-state index is -0.0950. The Morgan fingerprint density at radius 1 is 1.14 bits per heavy atom. The van der Waals surface area contributed by atoms with Gasteiger partial charge in [0.15, 0.2) is 0 Å². The first-order chi connectivity index (χ1) is 17.5. The number of nitrogens with zero attached hydrogens (tertiary/aromatic N) is 4. The Morgan fingerprint density at radius 3 is 2.67 bits per heavy atom. The maximum Gasteiger partial charge on any atom is 0.270 e. The summed E-state index contributed by atoms with van der Waals surface area (Å²) in [5.74, 6) is 0.458. The second-order valence-electron chi connectivity index (χ2n) is 9.65. The number of hydrogen-bond acceptors (Lipinski definition) is 4. The van der Waals surface area contributed by atoms with Gasteiger partial charge in [0.25, 0.3) is 11.8 Å². The standard InChI is InChI=1S/C28H33N5O3/c1-19-22(27(34)29-12-15-36-3)8-9-24-23(19)18-33(30-24)17-20-10-13-32(14-11-20)28(35)26-16-21-6-4-5-7-25(21)31(26)2/h4-9,16,18,20H,10-15,17H2,1-3H3,(H,29,34). The number of carbonyl (C=O) groups excluding carboxylic acids is 2. The van der Waals surface area contributed by atoms with Gasteiger partial charge < -0.3 is 19.5 Å². The highest BCUT2D eigenvalue weighted by Crippen LogP contribution is 2.26. The van der Waals surface area contributed by atoms with Crippen LogP contribution in [0.1, 0.15) is 39.3 Å². The van der Waals surface area contributed by atoms with E-state index < -0.39 is 0 Å². The average Bonchev–Trinajstić information content (AvgIpc) is 3.45. The maximum absolute atomic E-state index is 13.2. The van der Waals surface area contributed by atoms with Crippen LogP contribution in [0.15, 0.2) is 48.7 Å². The zero-order valence-electron chi connectivity index (χ0n) is 21.2. The first-order valence-corrected chi connectivity index (χ1v) is 12.5. The fraction of sp³-hybridized carbons (Fsp3) is 0.393. The van der Waals surface area contributed by atoms with Gasteiger partial charge in [0, 0.05) is 68.4 Å². The van der Waals surface area contributed by atoms with Crippen molar-refractivity contribution >= 4 is 33.6 Å². The molecule has 0 spiro atoms. The Balaban J connectivity index is 1.22. The number of carbonyl (C=O) groups is 2. The van der Waals surface area contributed by atoms with E-state index in [1.807, 2.05) is 76.8 Å². The quantitative estimate of drug-likeness (QED) is 0.403. The van der Waals surface area contributed by atoms with Crippen LogP contribution in [-0.4, -0.2) is 64.4 Å². The van der Waals surface area contributed by atoms with Crippen LogP contribution >= 0.6 is 0 Å². The molecule has 1 aliphatic heterocycles. The van der Waals surface area contributed by atoms with Gasteiger partial charge in [0.2, 0.25) is 0 Å². The number of aryl methyl sites for hydroxylation is 2. The minimum Gasteiger partial charge on any atom is -0.383 e. The Hall–Kier alpha value is -3.65. The molecule has 3 heterocycles. The summed E-state index contributed by atoms with van der Waals surface area (Å²) in [5.41, 5.74) is 4.31. The molecule has 4 aromatic rings. The SMILES string of the molecule is COCCNC(=O)c1ccc2nn(CC3CCN(C(=O)c4cc5ccccc5n4C)CC3)cc2c1C. The van der Waals surface area contributed by atoms with Gasteiger partial charge in [-0.25, -0.2) is 0 Å². The molecule has 0 bridgehead atoms. The molecule has 2 aromatic carbocycles. The summed E-state index contributed by atoms with van der Waals surface area (Å²) in [6, 6.07) is 13.8. The number of benzene rings is 2. The number of fused-ring (bicyclic) bond motifs is 2. The third kappa shape index (κ3) is 4.60. The number of aromatic nitrogens is 3. The smallest absolute Gasteiger partial charge is 0.270 e. The topological polar surface area (TPSA) is 81.4 Å². The molecule has 1 fully saturated rings. The van der Waals surface area contributed by atoms with Crippen LogP contribution in [0.4, 0.5) is 0 Å². The van der Waals surface area contributed by atoms with Crippen molar-refractivity contribution in [3.8, 4) is 0 Å². The summed E-state index contributed by atoms with van der Waals surface area (Å²) in [5, 5.41) is 9.74. The Bertz CT molecular complexity index is 1410. The largest absolute Gasteiger partial charge is 0.383 e. The van der Waals surface area contributed by atoms with Gasteiger partial charge in [-0.3, -0.25) is 14.3 Å². The van der Waals surface area contributed by atoms with Crippen LogP contribution in [0.25, 0.3) is 21.8 Å². The van der Waals surface area contributed by atoms with Crippen molar-refractivity contribution in [2.45, 2.75) is 26.3 Å². The second-order valence-corrected chi connectivity index (χ2v) is 9.65. The highest BCUT2D eigenvalue weighted by molar-refractivity contribution is 6.00. The molecule has 0 aliphatic carbocycles. The molecule has 1 N–H and O–H groups in total. The second kappa shape index (κ2) is 10.1. The van der Waals surface area contributed by atoms with E-state index in [0.717, 1.165) is 65.5 Å². The number of methoxy groups -OCH3 is 1. The number of nitrogens with one attached hydrogen (secondary N) is 1. The van der Waals surface area contributed by atoms with Crippen LogP contribution < -0.4 is 5.32 Å². The average molecular weight is 488 g/mol. The molecule has 1 saturated heterocycles. The number of amides is 2. The Morgan fingerprint density at radius 2 is 1.92 bits per heavy atom. The van der Waals surface area contributed by atoms with Crippen LogP contribution in [0.5, 0.6) is 0 Å². The van der Waals surface area contributed by atoms with Crippen molar-refractivity contribution in [1.29, 1.82) is 0 Å². The molecule has 0 radical (unpaired) electrons. The summed E-state index contributed by atoms with van der Waals surface area (Å²) in [7, 11) is 3.58. The molecular formula is C28H33N5O3. The predicted octanol–water partition coefficient (Wildman–Crippen LogP) is 3.77. The van der Waals surface area contributed by atoms with Gasteiger partial charge in [-0.2, -0.15) is 5.10 Å². The number of likely N-dealkylation sites (tertiary alicyclic amines) is 1. The van der Waals surface area contributed by atoms with E-state index in [1.165, 1.54) is 0 Å². The van der Waals surface area contributed by atoms with E-state index in [4.69, 9.17) is 9.84 Å². The maximum atomic E-state index is 13.2. The fourth-order valence-electron chi connectivity index (χ4n) is 5.22. The summed E-state index contributed by atoms with van der Waals surface area (Å²) in [6.45, 7) is 5.23. The molecule has 8 heteroatoms. The van der Waals surface area contributed by atoms with Crippen LogP contribution in [0.2, 0.25) is 0 Å². The lowest BCUT2D eigenvalue weighted by Crippen LogP contribution is -2.40. The Labute approximate surface area is 210 Å². The predicted molar refractivity (Wildman–Crippen MR) is 140 cm³/mol. The Kier molecular flexibility index (Phi) is 6.78. The molecule has 1 aliphatic rings. The summed E-state index contributed by atoms with van der Waals surface area (Å²) >= 11 is 0. The van der Waals surface area contributed by atoms with E-state index in [-0.39, 0.29) is 11.8 Å². The summed E-state index contributed by atoms with van der Waals surface area (Å²) in [4.78, 5) is 27.7. The van der Waals surface area contributed by atoms with Gasteiger partial charge in [-0.1, -0.05) is 18.2 Å².